The molecule has 0 heterocycles. The molecule has 0 radical (unpaired) electrons. The quantitative estimate of drug-likeness (QED) is 0.644. The van der Waals surface area contributed by atoms with Crippen LogP contribution in [0, 0.1) is 11.3 Å². The van der Waals surface area contributed by atoms with Gasteiger partial charge in [-0.15, -0.1) is 0 Å². The number of hydrogen-bond donors (Lipinski definition) is 1. The first kappa shape index (κ1) is 11.4. The Bertz CT molecular complexity index is 139. The highest BCUT2D eigenvalue weighted by atomic mass is 15.1. The van der Waals surface area contributed by atoms with E-state index in [2.05, 4.69) is 18.9 Å². The molecule has 0 amide bonds. The third-order valence-electron chi connectivity index (χ3n) is 1.88. The molecule has 0 aliphatic heterocycles. The molecule has 0 saturated carbocycles. The lowest BCUT2D eigenvalue weighted by atomic mass is 10.2. The second-order valence-electron chi connectivity index (χ2n) is 3.18. The van der Waals surface area contributed by atoms with Crippen molar-refractivity contribution in [3.63, 3.8) is 0 Å². The Morgan fingerprint density at radius 1 is 1.50 bits per heavy atom. The van der Waals surface area contributed by atoms with Gasteiger partial charge in [-0.3, -0.25) is 0 Å². The van der Waals surface area contributed by atoms with Crippen LogP contribution in [0.15, 0.2) is 0 Å². The minimum atomic E-state index is -0.297. The fourth-order valence-electron chi connectivity index (χ4n) is 0.964. The van der Waals surface area contributed by atoms with Gasteiger partial charge in [-0.1, -0.05) is 13.3 Å². The van der Waals surface area contributed by atoms with E-state index in [4.69, 9.17) is 11.0 Å². The maximum atomic E-state index is 8.43. The van der Waals surface area contributed by atoms with Crippen LogP contribution < -0.4 is 5.73 Å². The van der Waals surface area contributed by atoms with E-state index in [-0.39, 0.29) is 6.04 Å². The van der Waals surface area contributed by atoms with Crippen molar-refractivity contribution < 1.29 is 0 Å². The third-order valence-corrected chi connectivity index (χ3v) is 1.88. The molecule has 1 atom stereocenters. The summed E-state index contributed by atoms with van der Waals surface area (Å²) in [6, 6.07) is 1.73. The summed E-state index contributed by atoms with van der Waals surface area (Å²) < 4.78 is 0. The molecular weight excluding hydrogens is 150 g/mol. The van der Waals surface area contributed by atoms with Crippen molar-refractivity contribution in [3.8, 4) is 6.07 Å². The smallest absolute Gasteiger partial charge is 0.0940 e. The zero-order valence-corrected chi connectivity index (χ0v) is 8.08. The van der Waals surface area contributed by atoms with Crippen molar-refractivity contribution in [2.24, 2.45) is 5.73 Å². The van der Waals surface area contributed by atoms with Crippen LogP contribution in [-0.4, -0.2) is 31.1 Å². The van der Waals surface area contributed by atoms with Gasteiger partial charge in [0.05, 0.1) is 12.1 Å². The van der Waals surface area contributed by atoms with Crippen LogP contribution >= 0.6 is 0 Å². The molecule has 12 heavy (non-hydrogen) atoms. The van der Waals surface area contributed by atoms with Gasteiger partial charge in [0, 0.05) is 6.54 Å². The standard InChI is InChI=1S/C9H19N3/c1-3-4-6-12(2)7-5-9(11)8-10/h9H,3-7,11H2,1-2H3. The lowest BCUT2D eigenvalue weighted by Gasteiger charge is -2.16. The van der Waals surface area contributed by atoms with E-state index in [1.54, 1.807) is 0 Å². The molecule has 2 N–H and O–H groups in total. The van der Waals surface area contributed by atoms with Crippen molar-refractivity contribution in [1.29, 1.82) is 5.26 Å². The summed E-state index contributed by atoms with van der Waals surface area (Å²) in [4.78, 5) is 2.22. The van der Waals surface area contributed by atoms with Gasteiger partial charge in [-0.2, -0.15) is 5.26 Å². The Morgan fingerprint density at radius 2 is 2.17 bits per heavy atom. The number of unbranched alkanes of at least 4 members (excludes halogenated alkanes) is 1. The van der Waals surface area contributed by atoms with Gasteiger partial charge >= 0.3 is 0 Å². The molecule has 0 saturated heterocycles. The lowest BCUT2D eigenvalue weighted by molar-refractivity contribution is 0.319. The van der Waals surface area contributed by atoms with Crippen LogP contribution in [0.25, 0.3) is 0 Å². The van der Waals surface area contributed by atoms with Crippen LogP contribution in [0.4, 0.5) is 0 Å². The average molecular weight is 169 g/mol. The highest BCUT2D eigenvalue weighted by Crippen LogP contribution is 1.94. The molecule has 3 nitrogen and oxygen atoms in total. The van der Waals surface area contributed by atoms with Gasteiger partial charge in [0.15, 0.2) is 0 Å². The molecule has 0 spiro atoms. The Morgan fingerprint density at radius 3 is 2.67 bits per heavy atom. The summed E-state index contributed by atoms with van der Waals surface area (Å²) in [5, 5.41) is 8.43. The highest BCUT2D eigenvalue weighted by molar-refractivity contribution is 4.86. The van der Waals surface area contributed by atoms with Crippen LogP contribution in [0.1, 0.15) is 26.2 Å². The van der Waals surface area contributed by atoms with E-state index in [0.717, 1.165) is 19.5 Å². The Balaban J connectivity index is 3.31. The second-order valence-corrected chi connectivity index (χ2v) is 3.18. The molecule has 0 aliphatic rings. The van der Waals surface area contributed by atoms with Crippen molar-refractivity contribution in [2.45, 2.75) is 32.2 Å². The predicted octanol–water partition coefficient (Wildman–Crippen LogP) is 0.959. The number of rotatable bonds is 6. The molecule has 0 fully saturated rings. The van der Waals surface area contributed by atoms with E-state index in [1.807, 2.05) is 6.07 Å². The van der Waals surface area contributed by atoms with Crippen molar-refractivity contribution >= 4 is 0 Å². The predicted molar refractivity (Wildman–Crippen MR) is 50.6 cm³/mol. The molecule has 3 heteroatoms. The first-order valence-electron chi connectivity index (χ1n) is 4.54. The van der Waals surface area contributed by atoms with Gasteiger partial charge in [-0.05, 0) is 26.4 Å². The topological polar surface area (TPSA) is 53.0 Å². The first-order valence-corrected chi connectivity index (χ1v) is 4.54. The van der Waals surface area contributed by atoms with E-state index >= 15 is 0 Å². The summed E-state index contributed by atoms with van der Waals surface area (Å²) >= 11 is 0. The number of nitrogens with two attached hydrogens (primary N) is 1. The Kier molecular flexibility index (Phi) is 6.73. The first-order chi connectivity index (χ1) is 5.70. The summed E-state index contributed by atoms with van der Waals surface area (Å²) in [7, 11) is 2.07. The Hall–Kier alpha value is -0.590. The van der Waals surface area contributed by atoms with Gasteiger partial charge in [0.2, 0.25) is 0 Å². The molecule has 0 bridgehead atoms. The van der Waals surface area contributed by atoms with Crippen molar-refractivity contribution in [1.82, 2.24) is 4.90 Å². The molecule has 70 valence electrons. The van der Waals surface area contributed by atoms with Gasteiger partial charge in [0.25, 0.3) is 0 Å². The average Bonchev–Trinajstić information content (AvgIpc) is 2.10. The highest BCUT2D eigenvalue weighted by Gasteiger charge is 2.02. The monoisotopic (exact) mass is 169 g/mol. The van der Waals surface area contributed by atoms with Crippen LogP contribution in [-0.2, 0) is 0 Å². The maximum absolute atomic E-state index is 8.43. The van der Waals surface area contributed by atoms with Crippen LogP contribution in [0.2, 0.25) is 0 Å². The lowest BCUT2D eigenvalue weighted by Crippen LogP contribution is -2.27. The minimum absolute atomic E-state index is 0.297. The number of nitrogens with zero attached hydrogens (tertiary/aromatic N) is 2. The summed E-state index contributed by atoms with van der Waals surface area (Å²) in [6.07, 6.45) is 3.21. The SMILES string of the molecule is CCCCN(C)CCC(N)C#N. The molecule has 0 aliphatic carbocycles. The molecule has 0 aromatic carbocycles. The largest absolute Gasteiger partial charge is 0.316 e. The number of hydrogen-bond acceptors (Lipinski definition) is 3. The van der Waals surface area contributed by atoms with Gasteiger partial charge < -0.3 is 10.6 Å². The third kappa shape index (κ3) is 6.14. The van der Waals surface area contributed by atoms with E-state index in [9.17, 15) is 0 Å². The molecule has 0 aromatic rings. The zero-order chi connectivity index (χ0) is 9.40. The van der Waals surface area contributed by atoms with Crippen molar-refractivity contribution in [3.05, 3.63) is 0 Å². The molecule has 1 unspecified atom stereocenters. The van der Waals surface area contributed by atoms with E-state index in [1.165, 1.54) is 12.8 Å². The summed E-state index contributed by atoms with van der Waals surface area (Å²) in [5.74, 6) is 0. The van der Waals surface area contributed by atoms with E-state index in [0.29, 0.717) is 0 Å². The molecule has 0 aromatic heterocycles. The minimum Gasteiger partial charge on any atom is -0.316 e. The summed E-state index contributed by atoms with van der Waals surface area (Å²) in [6.45, 7) is 4.21. The molecular formula is C9H19N3. The number of nitriles is 1. The van der Waals surface area contributed by atoms with Gasteiger partial charge in [0.1, 0.15) is 0 Å². The Labute approximate surface area is 75.2 Å². The van der Waals surface area contributed by atoms with Crippen LogP contribution in [0.5, 0.6) is 0 Å². The van der Waals surface area contributed by atoms with E-state index < -0.39 is 0 Å². The zero-order valence-electron chi connectivity index (χ0n) is 8.08. The second kappa shape index (κ2) is 7.08. The summed E-state index contributed by atoms with van der Waals surface area (Å²) in [5.41, 5.74) is 5.46. The fourth-order valence-corrected chi connectivity index (χ4v) is 0.964. The van der Waals surface area contributed by atoms with Gasteiger partial charge in [-0.25, -0.2) is 0 Å². The maximum Gasteiger partial charge on any atom is 0.0940 e. The van der Waals surface area contributed by atoms with Crippen molar-refractivity contribution in [2.75, 3.05) is 20.1 Å². The normalized spacial score (nSPS) is 12.9. The van der Waals surface area contributed by atoms with Crippen LogP contribution in [0.3, 0.4) is 0 Å². The molecule has 0 rings (SSSR count). The fraction of sp³-hybridized carbons (Fsp3) is 0.889.